The van der Waals surface area contributed by atoms with Gasteiger partial charge in [-0.05, 0) is 76.3 Å². The van der Waals surface area contributed by atoms with Gasteiger partial charge in [0.05, 0.1) is 4.90 Å². The normalized spacial score (nSPS) is 13.3. The third-order valence-electron chi connectivity index (χ3n) is 3.06. The molecule has 1 heterocycles. The lowest BCUT2D eigenvalue weighted by Crippen LogP contribution is -2.34. The first kappa shape index (κ1) is 16.5. The molecule has 1 aromatic carbocycles. The Hall–Kier alpha value is -0.890. The molecule has 0 amide bonds. The standard InChI is InChI=1S/C14H17BrN2O2S2/c1-9-5-12(15)13(16)7-14(9)21(18,19)17-10(2)6-11-3-4-20-8-11/h3-5,7-8,10,17H,6,16H2,1-2H3. The number of halogens is 1. The minimum atomic E-state index is -3.58. The van der Waals surface area contributed by atoms with Gasteiger partial charge in [0.25, 0.3) is 0 Å². The highest BCUT2D eigenvalue weighted by molar-refractivity contribution is 9.10. The number of hydrogen-bond donors (Lipinski definition) is 2. The van der Waals surface area contributed by atoms with Crippen LogP contribution in [0.2, 0.25) is 0 Å². The van der Waals surface area contributed by atoms with Crippen molar-refractivity contribution in [3.05, 3.63) is 44.6 Å². The summed E-state index contributed by atoms with van der Waals surface area (Å²) in [6.45, 7) is 3.61. The molecule has 0 spiro atoms. The fourth-order valence-electron chi connectivity index (χ4n) is 2.09. The number of nitrogens with one attached hydrogen (secondary N) is 1. The minimum absolute atomic E-state index is 0.186. The highest BCUT2D eigenvalue weighted by Crippen LogP contribution is 2.26. The van der Waals surface area contributed by atoms with E-state index in [9.17, 15) is 8.42 Å². The maximum absolute atomic E-state index is 12.5. The fraction of sp³-hybridized carbons (Fsp3) is 0.286. The van der Waals surface area contributed by atoms with Crippen molar-refractivity contribution in [1.82, 2.24) is 4.72 Å². The summed E-state index contributed by atoms with van der Waals surface area (Å²) >= 11 is 4.90. The molecule has 0 aliphatic rings. The smallest absolute Gasteiger partial charge is 0.241 e. The Labute approximate surface area is 137 Å². The number of thiophene rings is 1. The van der Waals surface area contributed by atoms with Crippen LogP contribution in [0, 0.1) is 6.92 Å². The number of anilines is 1. The topological polar surface area (TPSA) is 72.2 Å². The molecule has 2 aromatic rings. The molecule has 4 nitrogen and oxygen atoms in total. The van der Waals surface area contributed by atoms with E-state index in [4.69, 9.17) is 5.73 Å². The summed E-state index contributed by atoms with van der Waals surface area (Å²) in [5.41, 5.74) is 7.98. The lowest BCUT2D eigenvalue weighted by Gasteiger charge is -2.16. The molecular formula is C14H17BrN2O2S2. The Morgan fingerprint density at radius 3 is 2.76 bits per heavy atom. The molecule has 0 aliphatic heterocycles. The monoisotopic (exact) mass is 388 g/mol. The van der Waals surface area contributed by atoms with Gasteiger partial charge in [0.15, 0.2) is 0 Å². The van der Waals surface area contributed by atoms with Crippen molar-refractivity contribution in [2.75, 3.05) is 5.73 Å². The molecule has 0 saturated heterocycles. The van der Waals surface area contributed by atoms with Gasteiger partial charge in [-0.15, -0.1) is 0 Å². The summed E-state index contributed by atoms with van der Waals surface area (Å²) in [4.78, 5) is 0.223. The maximum atomic E-state index is 12.5. The number of hydrogen-bond acceptors (Lipinski definition) is 4. The van der Waals surface area contributed by atoms with Crippen molar-refractivity contribution in [3.63, 3.8) is 0 Å². The summed E-state index contributed by atoms with van der Waals surface area (Å²) in [6, 6.07) is 5.01. The van der Waals surface area contributed by atoms with Crippen LogP contribution in [-0.4, -0.2) is 14.5 Å². The maximum Gasteiger partial charge on any atom is 0.241 e. The SMILES string of the molecule is Cc1cc(Br)c(N)cc1S(=O)(=O)NC(C)Cc1ccsc1. The summed E-state index contributed by atoms with van der Waals surface area (Å²) in [7, 11) is -3.58. The van der Waals surface area contributed by atoms with E-state index in [1.807, 2.05) is 23.8 Å². The second-order valence-electron chi connectivity index (χ2n) is 5.00. The van der Waals surface area contributed by atoms with Gasteiger partial charge in [-0.3, -0.25) is 0 Å². The molecule has 0 fully saturated rings. The average molecular weight is 389 g/mol. The van der Waals surface area contributed by atoms with E-state index in [0.717, 1.165) is 5.56 Å². The van der Waals surface area contributed by atoms with E-state index in [1.54, 1.807) is 24.3 Å². The molecule has 7 heteroatoms. The first-order valence-electron chi connectivity index (χ1n) is 6.38. The zero-order chi connectivity index (χ0) is 15.6. The molecular weight excluding hydrogens is 372 g/mol. The number of benzene rings is 1. The number of rotatable bonds is 5. The van der Waals surface area contributed by atoms with Gasteiger partial charge < -0.3 is 5.73 Å². The summed E-state index contributed by atoms with van der Waals surface area (Å²) < 4.78 is 28.4. The summed E-state index contributed by atoms with van der Waals surface area (Å²) in [6.07, 6.45) is 0.661. The number of sulfonamides is 1. The van der Waals surface area contributed by atoms with Crippen molar-refractivity contribution < 1.29 is 8.42 Å². The average Bonchev–Trinajstić information content (AvgIpc) is 2.85. The van der Waals surface area contributed by atoms with Crippen molar-refractivity contribution in [3.8, 4) is 0 Å². The van der Waals surface area contributed by atoms with Gasteiger partial charge in [0, 0.05) is 16.2 Å². The first-order valence-corrected chi connectivity index (χ1v) is 9.60. The van der Waals surface area contributed by atoms with Gasteiger partial charge in [-0.2, -0.15) is 11.3 Å². The molecule has 0 bridgehead atoms. The van der Waals surface area contributed by atoms with E-state index in [1.165, 1.54) is 6.07 Å². The third-order valence-corrected chi connectivity index (χ3v) is 6.21. The Balaban J connectivity index is 2.20. The summed E-state index contributed by atoms with van der Waals surface area (Å²) in [5.74, 6) is 0. The highest BCUT2D eigenvalue weighted by Gasteiger charge is 2.21. The predicted molar refractivity (Wildman–Crippen MR) is 91.1 cm³/mol. The van der Waals surface area contributed by atoms with Crippen LogP contribution in [0.3, 0.4) is 0 Å². The number of nitrogen functional groups attached to an aromatic ring is 1. The Morgan fingerprint density at radius 1 is 1.43 bits per heavy atom. The van der Waals surface area contributed by atoms with Gasteiger partial charge >= 0.3 is 0 Å². The number of aryl methyl sites for hydroxylation is 1. The van der Waals surface area contributed by atoms with Crippen LogP contribution in [0.15, 0.2) is 38.3 Å². The van der Waals surface area contributed by atoms with Crippen LogP contribution >= 0.6 is 27.3 Å². The first-order chi connectivity index (χ1) is 9.79. The molecule has 2 rings (SSSR count). The molecule has 1 aromatic heterocycles. The molecule has 0 saturated carbocycles. The lowest BCUT2D eigenvalue weighted by molar-refractivity contribution is 0.559. The fourth-order valence-corrected chi connectivity index (χ4v) is 4.73. The zero-order valence-electron chi connectivity index (χ0n) is 11.8. The Morgan fingerprint density at radius 2 is 2.14 bits per heavy atom. The van der Waals surface area contributed by atoms with E-state index >= 15 is 0 Å². The second kappa shape index (κ2) is 6.48. The van der Waals surface area contributed by atoms with Gasteiger partial charge in [-0.25, -0.2) is 13.1 Å². The Bertz CT molecular complexity index is 728. The molecule has 1 unspecified atom stereocenters. The molecule has 1 atom stereocenters. The zero-order valence-corrected chi connectivity index (χ0v) is 15.0. The molecule has 21 heavy (non-hydrogen) atoms. The van der Waals surface area contributed by atoms with Gasteiger partial charge in [0.2, 0.25) is 10.0 Å². The van der Waals surface area contributed by atoms with E-state index in [-0.39, 0.29) is 10.9 Å². The van der Waals surface area contributed by atoms with E-state index in [0.29, 0.717) is 22.1 Å². The quantitative estimate of drug-likeness (QED) is 0.771. The largest absolute Gasteiger partial charge is 0.398 e. The van der Waals surface area contributed by atoms with E-state index in [2.05, 4.69) is 20.7 Å². The molecule has 0 radical (unpaired) electrons. The highest BCUT2D eigenvalue weighted by atomic mass is 79.9. The van der Waals surface area contributed by atoms with Crippen LogP contribution in [-0.2, 0) is 16.4 Å². The van der Waals surface area contributed by atoms with Crippen molar-refractivity contribution in [2.45, 2.75) is 31.2 Å². The molecule has 0 aliphatic carbocycles. The van der Waals surface area contributed by atoms with Crippen molar-refractivity contribution in [2.24, 2.45) is 0 Å². The van der Waals surface area contributed by atoms with Crippen molar-refractivity contribution in [1.29, 1.82) is 0 Å². The third kappa shape index (κ3) is 4.06. The van der Waals surface area contributed by atoms with Gasteiger partial charge in [0.1, 0.15) is 0 Å². The van der Waals surface area contributed by atoms with Crippen LogP contribution in [0.4, 0.5) is 5.69 Å². The minimum Gasteiger partial charge on any atom is -0.398 e. The van der Waals surface area contributed by atoms with Crippen LogP contribution in [0.5, 0.6) is 0 Å². The lowest BCUT2D eigenvalue weighted by atomic mass is 10.1. The second-order valence-corrected chi connectivity index (χ2v) is 8.31. The van der Waals surface area contributed by atoms with Crippen LogP contribution in [0.1, 0.15) is 18.1 Å². The van der Waals surface area contributed by atoms with E-state index < -0.39 is 10.0 Å². The van der Waals surface area contributed by atoms with Gasteiger partial charge in [-0.1, -0.05) is 0 Å². The van der Waals surface area contributed by atoms with Crippen LogP contribution < -0.4 is 10.5 Å². The number of nitrogens with two attached hydrogens (primary N) is 1. The molecule has 114 valence electrons. The Kier molecular flexibility index (Phi) is 5.08. The van der Waals surface area contributed by atoms with Crippen molar-refractivity contribution >= 4 is 43.0 Å². The van der Waals surface area contributed by atoms with Crippen LogP contribution in [0.25, 0.3) is 0 Å². The summed E-state index contributed by atoms with van der Waals surface area (Å²) in [5, 5.41) is 4.00. The molecule has 3 N–H and O–H groups in total. The predicted octanol–water partition coefficient (Wildman–Crippen LogP) is 3.31.